The van der Waals surface area contributed by atoms with Crippen molar-refractivity contribution in [1.82, 2.24) is 5.32 Å². The molecule has 0 aliphatic heterocycles. The Balaban J connectivity index is 2.21. The number of hydrogen-bond acceptors (Lipinski definition) is 2. The van der Waals surface area contributed by atoms with E-state index in [4.69, 9.17) is 11.6 Å². The number of halogens is 2. The third-order valence-electron chi connectivity index (χ3n) is 3.21. The van der Waals surface area contributed by atoms with Gasteiger partial charge in [0.05, 0.1) is 5.02 Å². The van der Waals surface area contributed by atoms with Crippen molar-refractivity contribution in [2.75, 3.05) is 6.54 Å². The predicted octanol–water partition coefficient (Wildman–Crippen LogP) is 5.13. The topological polar surface area (TPSA) is 12.0 Å². The van der Waals surface area contributed by atoms with E-state index < -0.39 is 0 Å². The van der Waals surface area contributed by atoms with Gasteiger partial charge in [-0.25, -0.2) is 4.39 Å². The number of hydrogen-bond donors (Lipinski definition) is 1. The first-order valence-corrected chi connectivity index (χ1v) is 8.09. The molecule has 4 heteroatoms. The highest BCUT2D eigenvalue weighted by Gasteiger charge is 2.18. The van der Waals surface area contributed by atoms with Crippen molar-refractivity contribution < 1.29 is 4.39 Å². The Morgan fingerprint density at radius 3 is 2.80 bits per heavy atom. The standard InChI is InChI=1S/C16H19ClFNS/c1-3-7-19-14(16-15(17)11(2)10-20-16)9-12-5-4-6-13(18)8-12/h4-6,8,10,14,19H,3,7,9H2,1-2H3. The summed E-state index contributed by atoms with van der Waals surface area (Å²) in [6, 6.07) is 6.92. The summed E-state index contributed by atoms with van der Waals surface area (Å²) in [6.07, 6.45) is 1.80. The molecule has 20 heavy (non-hydrogen) atoms. The molecule has 1 aromatic carbocycles. The van der Waals surface area contributed by atoms with E-state index in [0.29, 0.717) is 0 Å². The van der Waals surface area contributed by atoms with E-state index in [1.54, 1.807) is 23.5 Å². The highest BCUT2D eigenvalue weighted by Crippen LogP contribution is 2.34. The van der Waals surface area contributed by atoms with Gasteiger partial charge < -0.3 is 5.32 Å². The molecule has 1 aromatic heterocycles. The molecule has 0 aliphatic rings. The van der Waals surface area contributed by atoms with Crippen LogP contribution < -0.4 is 5.32 Å². The molecule has 0 aliphatic carbocycles. The first-order chi connectivity index (χ1) is 9.61. The van der Waals surface area contributed by atoms with E-state index >= 15 is 0 Å². The number of rotatable bonds is 6. The normalized spacial score (nSPS) is 12.6. The Morgan fingerprint density at radius 1 is 1.40 bits per heavy atom. The lowest BCUT2D eigenvalue weighted by Gasteiger charge is -2.18. The number of thiophene rings is 1. The minimum Gasteiger partial charge on any atom is -0.309 e. The summed E-state index contributed by atoms with van der Waals surface area (Å²) in [7, 11) is 0. The summed E-state index contributed by atoms with van der Waals surface area (Å²) in [5.74, 6) is -0.190. The van der Waals surface area contributed by atoms with Crippen LogP contribution in [-0.4, -0.2) is 6.54 Å². The second kappa shape index (κ2) is 7.21. The Bertz CT molecular complexity index is 567. The average molecular weight is 312 g/mol. The quantitative estimate of drug-likeness (QED) is 0.779. The van der Waals surface area contributed by atoms with Crippen molar-refractivity contribution in [3.63, 3.8) is 0 Å². The van der Waals surface area contributed by atoms with Crippen LogP contribution in [0.1, 0.15) is 35.4 Å². The van der Waals surface area contributed by atoms with E-state index in [1.165, 1.54) is 6.07 Å². The van der Waals surface area contributed by atoms with Gasteiger partial charge in [0.15, 0.2) is 0 Å². The minimum atomic E-state index is -0.190. The molecule has 1 unspecified atom stereocenters. The predicted molar refractivity (Wildman–Crippen MR) is 85.2 cm³/mol. The lowest BCUT2D eigenvalue weighted by Crippen LogP contribution is -2.23. The number of nitrogens with one attached hydrogen (secondary N) is 1. The van der Waals surface area contributed by atoms with Crippen molar-refractivity contribution in [2.24, 2.45) is 0 Å². The van der Waals surface area contributed by atoms with Crippen LogP contribution in [0.3, 0.4) is 0 Å². The van der Waals surface area contributed by atoms with Crippen LogP contribution >= 0.6 is 22.9 Å². The monoisotopic (exact) mass is 311 g/mol. The Hall–Kier alpha value is -0.900. The van der Waals surface area contributed by atoms with Crippen molar-refractivity contribution in [3.05, 3.63) is 56.5 Å². The minimum absolute atomic E-state index is 0.142. The van der Waals surface area contributed by atoms with Crippen molar-refractivity contribution >= 4 is 22.9 Å². The first kappa shape index (κ1) is 15.5. The second-order valence-electron chi connectivity index (χ2n) is 4.94. The maximum atomic E-state index is 13.3. The van der Waals surface area contributed by atoms with Gasteiger partial charge in [0.2, 0.25) is 0 Å². The van der Waals surface area contributed by atoms with Gasteiger partial charge in [0.25, 0.3) is 0 Å². The Kier molecular flexibility index (Phi) is 5.58. The molecule has 2 aromatic rings. The molecule has 0 saturated heterocycles. The lowest BCUT2D eigenvalue weighted by molar-refractivity contribution is 0.534. The van der Waals surface area contributed by atoms with Gasteiger partial charge in [-0.2, -0.15) is 0 Å². The maximum absolute atomic E-state index is 13.3. The summed E-state index contributed by atoms with van der Waals surface area (Å²) in [5, 5.41) is 6.42. The molecule has 1 N–H and O–H groups in total. The van der Waals surface area contributed by atoms with Gasteiger partial charge in [-0.15, -0.1) is 11.3 Å². The third kappa shape index (κ3) is 3.81. The first-order valence-electron chi connectivity index (χ1n) is 6.83. The summed E-state index contributed by atoms with van der Waals surface area (Å²) in [5.41, 5.74) is 2.09. The fraction of sp³-hybridized carbons (Fsp3) is 0.375. The fourth-order valence-electron chi connectivity index (χ4n) is 2.16. The van der Waals surface area contributed by atoms with Crippen LogP contribution in [0.4, 0.5) is 4.39 Å². The molecular formula is C16H19ClFNS. The zero-order valence-electron chi connectivity index (χ0n) is 11.7. The van der Waals surface area contributed by atoms with Gasteiger partial charge in [-0.3, -0.25) is 0 Å². The van der Waals surface area contributed by atoms with E-state index in [0.717, 1.165) is 40.4 Å². The van der Waals surface area contributed by atoms with E-state index in [-0.39, 0.29) is 11.9 Å². The molecule has 0 radical (unpaired) electrons. The third-order valence-corrected chi connectivity index (χ3v) is 5.04. The van der Waals surface area contributed by atoms with Gasteiger partial charge in [-0.05, 0) is 54.9 Å². The number of benzene rings is 1. The molecule has 0 amide bonds. The van der Waals surface area contributed by atoms with E-state index in [9.17, 15) is 4.39 Å². The molecule has 2 rings (SSSR count). The fourth-order valence-corrected chi connectivity index (χ4v) is 3.56. The molecule has 108 valence electrons. The largest absolute Gasteiger partial charge is 0.309 e. The molecule has 0 fully saturated rings. The van der Waals surface area contributed by atoms with Gasteiger partial charge in [-0.1, -0.05) is 30.7 Å². The lowest BCUT2D eigenvalue weighted by atomic mass is 10.0. The van der Waals surface area contributed by atoms with Gasteiger partial charge >= 0.3 is 0 Å². The van der Waals surface area contributed by atoms with Crippen molar-refractivity contribution in [1.29, 1.82) is 0 Å². The second-order valence-corrected chi connectivity index (χ2v) is 6.23. The van der Waals surface area contributed by atoms with Crippen molar-refractivity contribution in [2.45, 2.75) is 32.7 Å². The van der Waals surface area contributed by atoms with E-state index in [1.807, 2.05) is 13.0 Å². The molecule has 1 atom stereocenters. The van der Waals surface area contributed by atoms with Gasteiger partial charge in [0.1, 0.15) is 5.82 Å². The van der Waals surface area contributed by atoms with Gasteiger partial charge in [0, 0.05) is 10.9 Å². The molecule has 1 heterocycles. The zero-order chi connectivity index (χ0) is 14.5. The van der Waals surface area contributed by atoms with Crippen LogP contribution in [0, 0.1) is 12.7 Å². The maximum Gasteiger partial charge on any atom is 0.123 e. The molecule has 0 spiro atoms. The zero-order valence-corrected chi connectivity index (χ0v) is 13.3. The highest BCUT2D eigenvalue weighted by molar-refractivity contribution is 7.10. The Labute approximate surface area is 128 Å². The van der Waals surface area contributed by atoms with Crippen LogP contribution in [-0.2, 0) is 6.42 Å². The van der Waals surface area contributed by atoms with Crippen molar-refractivity contribution in [3.8, 4) is 0 Å². The molecule has 0 bridgehead atoms. The average Bonchev–Trinajstić information content (AvgIpc) is 2.75. The van der Waals surface area contributed by atoms with Crippen LogP contribution in [0.2, 0.25) is 5.02 Å². The molecule has 0 saturated carbocycles. The van der Waals surface area contributed by atoms with Crippen LogP contribution in [0.25, 0.3) is 0 Å². The summed E-state index contributed by atoms with van der Waals surface area (Å²) >= 11 is 8.05. The SMILES string of the molecule is CCCNC(Cc1cccc(F)c1)c1scc(C)c1Cl. The summed E-state index contributed by atoms with van der Waals surface area (Å²) < 4.78 is 13.3. The Morgan fingerprint density at radius 2 is 2.20 bits per heavy atom. The van der Waals surface area contributed by atoms with E-state index in [2.05, 4.69) is 17.6 Å². The van der Waals surface area contributed by atoms with Crippen LogP contribution in [0.5, 0.6) is 0 Å². The molecule has 1 nitrogen and oxygen atoms in total. The van der Waals surface area contributed by atoms with Crippen LogP contribution in [0.15, 0.2) is 29.6 Å². The smallest absolute Gasteiger partial charge is 0.123 e. The number of aryl methyl sites for hydroxylation is 1. The summed E-state index contributed by atoms with van der Waals surface area (Å²) in [4.78, 5) is 1.14. The highest BCUT2D eigenvalue weighted by atomic mass is 35.5. The molecular weight excluding hydrogens is 293 g/mol. The summed E-state index contributed by atoms with van der Waals surface area (Å²) in [6.45, 7) is 5.07.